The van der Waals surface area contributed by atoms with E-state index in [0.29, 0.717) is 6.54 Å². The van der Waals surface area contributed by atoms with E-state index in [1.165, 1.54) is 4.88 Å². The molecule has 0 bridgehead atoms. The fourth-order valence-corrected chi connectivity index (χ4v) is 2.46. The highest BCUT2D eigenvalue weighted by atomic mass is 32.1. The number of amides is 1. The number of nitrogens with one attached hydrogen (secondary N) is 1. The normalized spacial score (nSPS) is 11.2. The van der Waals surface area contributed by atoms with E-state index in [2.05, 4.69) is 5.32 Å². The number of thiophene rings is 1. The maximum absolute atomic E-state index is 11.7. The Morgan fingerprint density at radius 3 is 2.67 bits per heavy atom. The number of hydrogen-bond donors (Lipinski definition) is 2. The third-order valence-electron chi connectivity index (χ3n) is 2.54. The summed E-state index contributed by atoms with van der Waals surface area (Å²) in [5.74, 6) is -0.954. The van der Waals surface area contributed by atoms with Crippen LogP contribution in [0.4, 0.5) is 0 Å². The number of rotatable bonds is 7. The standard InChI is InChI=1S/C13H19NO3S/c1-13(2,9-12(16)17)8-11(15)14-6-5-10-4-3-7-18-10/h3-4,7H,5-6,8-9H2,1-2H3,(H,14,15)(H,16,17). The third-order valence-corrected chi connectivity index (χ3v) is 3.48. The van der Waals surface area contributed by atoms with Gasteiger partial charge in [0.05, 0.1) is 6.42 Å². The Labute approximate surface area is 111 Å². The topological polar surface area (TPSA) is 66.4 Å². The van der Waals surface area contributed by atoms with Crippen LogP contribution in [0.3, 0.4) is 0 Å². The van der Waals surface area contributed by atoms with E-state index in [0.717, 1.165) is 6.42 Å². The lowest BCUT2D eigenvalue weighted by Crippen LogP contribution is -2.31. The SMILES string of the molecule is CC(C)(CC(=O)O)CC(=O)NCCc1cccs1. The van der Waals surface area contributed by atoms with E-state index in [-0.39, 0.29) is 18.7 Å². The van der Waals surface area contributed by atoms with Gasteiger partial charge in [0.1, 0.15) is 0 Å². The highest BCUT2D eigenvalue weighted by molar-refractivity contribution is 7.09. The first-order valence-corrected chi connectivity index (χ1v) is 6.78. The number of carboxylic acids is 1. The second-order valence-electron chi connectivity index (χ2n) is 5.09. The fraction of sp³-hybridized carbons (Fsp3) is 0.538. The molecule has 0 aliphatic rings. The van der Waals surface area contributed by atoms with Crippen LogP contribution in [0.1, 0.15) is 31.6 Å². The number of aliphatic carboxylic acids is 1. The molecule has 0 aliphatic carbocycles. The Morgan fingerprint density at radius 1 is 1.39 bits per heavy atom. The van der Waals surface area contributed by atoms with E-state index in [1.54, 1.807) is 25.2 Å². The van der Waals surface area contributed by atoms with Crippen LogP contribution < -0.4 is 5.32 Å². The van der Waals surface area contributed by atoms with Crippen molar-refractivity contribution in [2.75, 3.05) is 6.54 Å². The van der Waals surface area contributed by atoms with E-state index in [9.17, 15) is 9.59 Å². The van der Waals surface area contributed by atoms with Crippen LogP contribution in [0, 0.1) is 5.41 Å². The Bertz CT molecular complexity index is 398. The van der Waals surface area contributed by atoms with Gasteiger partial charge in [0, 0.05) is 17.8 Å². The molecule has 1 heterocycles. The van der Waals surface area contributed by atoms with Gasteiger partial charge in [-0.25, -0.2) is 0 Å². The summed E-state index contributed by atoms with van der Waals surface area (Å²) in [5, 5.41) is 13.6. The summed E-state index contributed by atoms with van der Waals surface area (Å²) in [6, 6.07) is 4.02. The van der Waals surface area contributed by atoms with Crippen molar-refractivity contribution in [1.82, 2.24) is 5.32 Å². The zero-order valence-corrected chi connectivity index (χ0v) is 11.5. The van der Waals surface area contributed by atoms with Crippen LogP contribution in [0.2, 0.25) is 0 Å². The van der Waals surface area contributed by atoms with Gasteiger partial charge in [0.2, 0.25) is 5.91 Å². The molecule has 1 aromatic rings. The average molecular weight is 269 g/mol. The summed E-state index contributed by atoms with van der Waals surface area (Å²) < 4.78 is 0. The number of carbonyl (C=O) groups excluding carboxylic acids is 1. The minimum absolute atomic E-state index is 0.00530. The molecule has 0 aromatic carbocycles. The second-order valence-corrected chi connectivity index (χ2v) is 6.12. The van der Waals surface area contributed by atoms with Crippen molar-refractivity contribution >= 4 is 23.2 Å². The smallest absolute Gasteiger partial charge is 0.303 e. The van der Waals surface area contributed by atoms with Gasteiger partial charge in [0.25, 0.3) is 0 Å². The summed E-state index contributed by atoms with van der Waals surface area (Å²) in [6.07, 6.45) is 1.07. The van der Waals surface area contributed by atoms with Gasteiger partial charge >= 0.3 is 5.97 Å². The molecule has 4 nitrogen and oxygen atoms in total. The summed E-state index contributed by atoms with van der Waals surface area (Å²) in [5.41, 5.74) is -0.501. The Balaban J connectivity index is 2.26. The van der Waals surface area contributed by atoms with E-state index in [4.69, 9.17) is 5.11 Å². The molecule has 0 fully saturated rings. The zero-order chi connectivity index (χ0) is 13.6. The van der Waals surface area contributed by atoms with E-state index >= 15 is 0 Å². The quantitative estimate of drug-likeness (QED) is 0.798. The molecule has 2 N–H and O–H groups in total. The number of carbonyl (C=O) groups is 2. The molecule has 100 valence electrons. The van der Waals surface area contributed by atoms with Gasteiger partial charge < -0.3 is 10.4 Å². The minimum atomic E-state index is -0.869. The Morgan fingerprint density at radius 2 is 2.11 bits per heavy atom. The molecule has 0 atom stereocenters. The van der Waals surface area contributed by atoms with Crippen molar-refractivity contribution < 1.29 is 14.7 Å². The summed E-state index contributed by atoms with van der Waals surface area (Å²) in [7, 11) is 0. The highest BCUT2D eigenvalue weighted by Crippen LogP contribution is 2.24. The molecule has 1 amide bonds. The molecule has 0 radical (unpaired) electrons. The van der Waals surface area contributed by atoms with Crippen molar-refractivity contribution in [3.63, 3.8) is 0 Å². The first-order valence-electron chi connectivity index (χ1n) is 5.90. The molecule has 0 saturated heterocycles. The molecule has 1 rings (SSSR count). The van der Waals surface area contributed by atoms with Gasteiger partial charge in [-0.3, -0.25) is 9.59 Å². The Hall–Kier alpha value is -1.36. The van der Waals surface area contributed by atoms with Crippen LogP contribution in [0.5, 0.6) is 0 Å². The predicted octanol–water partition coefficient (Wildman–Crippen LogP) is 2.30. The summed E-state index contributed by atoms with van der Waals surface area (Å²) in [4.78, 5) is 23.5. The Kier molecular flexibility index (Phi) is 5.34. The van der Waals surface area contributed by atoms with Crippen LogP contribution in [0.25, 0.3) is 0 Å². The van der Waals surface area contributed by atoms with Gasteiger partial charge in [-0.05, 0) is 23.3 Å². The van der Waals surface area contributed by atoms with Crippen LogP contribution >= 0.6 is 11.3 Å². The number of carboxylic acid groups (broad SMARTS) is 1. The first-order chi connectivity index (χ1) is 8.39. The van der Waals surface area contributed by atoms with Crippen molar-refractivity contribution in [3.8, 4) is 0 Å². The van der Waals surface area contributed by atoms with Gasteiger partial charge in [0.15, 0.2) is 0 Å². The van der Waals surface area contributed by atoms with E-state index < -0.39 is 11.4 Å². The molecule has 5 heteroatoms. The van der Waals surface area contributed by atoms with Crippen LogP contribution in [0.15, 0.2) is 17.5 Å². The van der Waals surface area contributed by atoms with Gasteiger partial charge in [-0.1, -0.05) is 19.9 Å². The molecular weight excluding hydrogens is 250 g/mol. The second kappa shape index (κ2) is 6.54. The van der Waals surface area contributed by atoms with E-state index in [1.807, 2.05) is 17.5 Å². The summed E-state index contributed by atoms with van der Waals surface area (Å²) >= 11 is 1.67. The highest BCUT2D eigenvalue weighted by Gasteiger charge is 2.24. The largest absolute Gasteiger partial charge is 0.481 e. The average Bonchev–Trinajstić information content (AvgIpc) is 2.66. The lowest BCUT2D eigenvalue weighted by molar-refractivity contribution is -0.139. The predicted molar refractivity (Wildman–Crippen MR) is 71.7 cm³/mol. The maximum Gasteiger partial charge on any atom is 0.303 e. The molecular formula is C13H19NO3S. The maximum atomic E-state index is 11.7. The van der Waals surface area contributed by atoms with Crippen molar-refractivity contribution in [1.29, 1.82) is 0 Å². The zero-order valence-electron chi connectivity index (χ0n) is 10.7. The number of hydrogen-bond acceptors (Lipinski definition) is 3. The van der Waals surface area contributed by atoms with Crippen LogP contribution in [-0.4, -0.2) is 23.5 Å². The van der Waals surface area contributed by atoms with Gasteiger partial charge in [-0.2, -0.15) is 0 Å². The molecule has 1 aromatic heterocycles. The third kappa shape index (κ3) is 5.82. The molecule has 0 spiro atoms. The molecule has 0 unspecified atom stereocenters. The van der Waals surface area contributed by atoms with Crippen molar-refractivity contribution in [2.45, 2.75) is 33.1 Å². The summed E-state index contributed by atoms with van der Waals surface area (Å²) in [6.45, 7) is 4.18. The molecule has 18 heavy (non-hydrogen) atoms. The van der Waals surface area contributed by atoms with Crippen LogP contribution in [-0.2, 0) is 16.0 Å². The van der Waals surface area contributed by atoms with Crippen molar-refractivity contribution in [2.24, 2.45) is 5.41 Å². The molecule has 0 saturated carbocycles. The minimum Gasteiger partial charge on any atom is -0.481 e. The fourth-order valence-electron chi connectivity index (χ4n) is 1.75. The molecule has 0 aliphatic heterocycles. The lowest BCUT2D eigenvalue weighted by atomic mass is 9.85. The monoisotopic (exact) mass is 269 g/mol. The lowest BCUT2D eigenvalue weighted by Gasteiger charge is -2.21. The van der Waals surface area contributed by atoms with Gasteiger partial charge in [-0.15, -0.1) is 11.3 Å². The first kappa shape index (κ1) is 14.7. The van der Waals surface area contributed by atoms with Crippen molar-refractivity contribution in [3.05, 3.63) is 22.4 Å².